The van der Waals surface area contributed by atoms with E-state index in [9.17, 15) is 4.79 Å². The summed E-state index contributed by atoms with van der Waals surface area (Å²) in [6, 6.07) is 0. The topological polar surface area (TPSA) is 69.1 Å². The van der Waals surface area contributed by atoms with Gasteiger partial charge in [-0.05, 0) is 12.2 Å². The largest absolute Gasteiger partial charge is 0.369 e. The molecule has 10 heavy (non-hydrogen) atoms. The zero-order valence-electron chi connectivity index (χ0n) is 5.80. The monoisotopic (exact) mass is 160 g/mol. The van der Waals surface area contributed by atoms with Crippen LogP contribution in [0.4, 0.5) is 0 Å². The summed E-state index contributed by atoms with van der Waals surface area (Å²) in [5.74, 6) is 1.58. The highest BCUT2D eigenvalue weighted by atomic mass is 32.2. The lowest BCUT2D eigenvalue weighted by molar-refractivity contribution is -0.125. The van der Waals surface area contributed by atoms with Gasteiger partial charge in [-0.25, -0.2) is 0 Å². The first-order chi connectivity index (χ1) is 4.71. The third-order valence-corrected chi connectivity index (χ3v) is 3.27. The molecular formula is C6H12N2OS. The number of carbonyl (C=O) groups is 1. The summed E-state index contributed by atoms with van der Waals surface area (Å²) in [6.45, 7) is 0.398. The van der Waals surface area contributed by atoms with Crippen molar-refractivity contribution in [2.24, 2.45) is 16.9 Å². The smallest absolute Gasteiger partial charge is 0.225 e. The van der Waals surface area contributed by atoms with Gasteiger partial charge in [0.05, 0.1) is 5.41 Å². The molecule has 1 fully saturated rings. The number of thioether (sulfide) groups is 1. The van der Waals surface area contributed by atoms with E-state index in [0.29, 0.717) is 6.54 Å². The molecule has 3 nitrogen and oxygen atoms in total. The van der Waals surface area contributed by atoms with Gasteiger partial charge in [0.1, 0.15) is 0 Å². The summed E-state index contributed by atoms with van der Waals surface area (Å²) in [4.78, 5) is 10.9. The number of carbonyl (C=O) groups excluding carboxylic acids is 1. The molecule has 1 heterocycles. The van der Waals surface area contributed by atoms with Crippen molar-refractivity contribution in [3.8, 4) is 0 Å². The average Bonchev–Trinajstić information content (AvgIpc) is 2.35. The molecule has 0 spiro atoms. The van der Waals surface area contributed by atoms with Gasteiger partial charge in [-0.3, -0.25) is 4.79 Å². The van der Waals surface area contributed by atoms with Gasteiger partial charge >= 0.3 is 0 Å². The number of nitrogens with two attached hydrogens (primary N) is 2. The number of rotatable bonds is 2. The van der Waals surface area contributed by atoms with Gasteiger partial charge < -0.3 is 11.5 Å². The minimum atomic E-state index is -0.384. The standard InChI is InChI=1S/C6H12N2OS/c7-3-6(5(8)9)1-2-10-4-6/h1-4,7H2,(H2,8,9). The Morgan fingerprint density at radius 1 is 1.70 bits per heavy atom. The Kier molecular flexibility index (Phi) is 2.21. The predicted molar refractivity (Wildman–Crippen MR) is 42.6 cm³/mol. The maximum atomic E-state index is 10.9. The molecule has 1 unspecified atom stereocenters. The summed E-state index contributed by atoms with van der Waals surface area (Å²) < 4.78 is 0. The fourth-order valence-corrected chi connectivity index (χ4v) is 2.54. The van der Waals surface area contributed by atoms with Crippen molar-refractivity contribution < 1.29 is 4.79 Å². The van der Waals surface area contributed by atoms with Crippen LogP contribution in [0.25, 0.3) is 0 Å². The van der Waals surface area contributed by atoms with E-state index in [1.54, 1.807) is 11.8 Å². The molecule has 1 saturated heterocycles. The maximum Gasteiger partial charge on any atom is 0.225 e. The fraction of sp³-hybridized carbons (Fsp3) is 0.833. The first kappa shape index (κ1) is 7.88. The molecule has 0 radical (unpaired) electrons. The van der Waals surface area contributed by atoms with Gasteiger partial charge in [0.25, 0.3) is 0 Å². The Hall–Kier alpha value is -0.220. The highest BCUT2D eigenvalue weighted by Gasteiger charge is 2.38. The molecule has 0 aliphatic carbocycles. The lowest BCUT2D eigenvalue weighted by Crippen LogP contribution is -2.43. The molecule has 4 heteroatoms. The molecule has 0 aromatic carbocycles. The van der Waals surface area contributed by atoms with E-state index in [0.717, 1.165) is 17.9 Å². The van der Waals surface area contributed by atoms with Crippen LogP contribution in [0.15, 0.2) is 0 Å². The van der Waals surface area contributed by atoms with E-state index in [1.165, 1.54) is 0 Å². The lowest BCUT2D eigenvalue weighted by atomic mass is 9.87. The van der Waals surface area contributed by atoms with Crippen molar-refractivity contribution in [2.45, 2.75) is 6.42 Å². The van der Waals surface area contributed by atoms with Gasteiger partial charge in [-0.1, -0.05) is 0 Å². The van der Waals surface area contributed by atoms with Gasteiger partial charge in [-0.15, -0.1) is 0 Å². The van der Waals surface area contributed by atoms with E-state index in [1.807, 2.05) is 0 Å². The van der Waals surface area contributed by atoms with Crippen LogP contribution in [-0.2, 0) is 4.79 Å². The minimum absolute atomic E-state index is 0.236. The Labute approximate surface area is 64.5 Å². The zero-order valence-corrected chi connectivity index (χ0v) is 6.62. The Morgan fingerprint density at radius 3 is 2.60 bits per heavy atom. The Bertz CT molecular complexity index is 143. The summed E-state index contributed by atoms with van der Waals surface area (Å²) in [5, 5.41) is 0. The third kappa shape index (κ3) is 1.13. The second kappa shape index (κ2) is 2.80. The molecule has 0 bridgehead atoms. The number of hydrogen-bond acceptors (Lipinski definition) is 3. The van der Waals surface area contributed by atoms with Crippen molar-refractivity contribution in [3.05, 3.63) is 0 Å². The van der Waals surface area contributed by atoms with Crippen LogP contribution in [0.3, 0.4) is 0 Å². The minimum Gasteiger partial charge on any atom is -0.369 e. The summed E-state index contributed by atoms with van der Waals surface area (Å²) >= 11 is 1.75. The third-order valence-electron chi connectivity index (χ3n) is 2.02. The maximum absolute atomic E-state index is 10.9. The zero-order chi connectivity index (χ0) is 7.61. The number of hydrogen-bond donors (Lipinski definition) is 2. The average molecular weight is 160 g/mol. The summed E-state index contributed by atoms with van der Waals surface area (Å²) in [6.07, 6.45) is 0.851. The van der Waals surface area contributed by atoms with E-state index >= 15 is 0 Å². The molecular weight excluding hydrogens is 148 g/mol. The molecule has 4 N–H and O–H groups in total. The van der Waals surface area contributed by atoms with Gasteiger partial charge in [0, 0.05) is 12.3 Å². The van der Waals surface area contributed by atoms with E-state index in [2.05, 4.69) is 0 Å². The van der Waals surface area contributed by atoms with E-state index < -0.39 is 0 Å². The molecule has 0 aromatic rings. The molecule has 1 amide bonds. The molecule has 1 aliphatic heterocycles. The highest BCUT2D eigenvalue weighted by Crippen LogP contribution is 2.34. The first-order valence-electron chi connectivity index (χ1n) is 3.29. The molecule has 1 atom stereocenters. The summed E-state index contributed by atoms with van der Waals surface area (Å²) in [5.41, 5.74) is 10.3. The first-order valence-corrected chi connectivity index (χ1v) is 4.44. The van der Waals surface area contributed by atoms with Gasteiger partial charge in [-0.2, -0.15) is 11.8 Å². The molecule has 1 aliphatic rings. The van der Waals surface area contributed by atoms with Crippen molar-refractivity contribution in [1.29, 1.82) is 0 Å². The second-order valence-corrected chi connectivity index (χ2v) is 3.76. The molecule has 0 aromatic heterocycles. The molecule has 58 valence electrons. The van der Waals surface area contributed by atoms with Crippen LogP contribution in [0.5, 0.6) is 0 Å². The SMILES string of the molecule is NCC1(C(N)=O)CCSC1. The van der Waals surface area contributed by atoms with E-state index in [4.69, 9.17) is 11.5 Å². The Balaban J connectivity index is 2.67. The number of primary amides is 1. The lowest BCUT2D eigenvalue weighted by Gasteiger charge is -2.20. The Morgan fingerprint density at radius 2 is 2.40 bits per heavy atom. The highest BCUT2D eigenvalue weighted by molar-refractivity contribution is 7.99. The van der Waals surface area contributed by atoms with Gasteiger partial charge in [0.2, 0.25) is 5.91 Å². The van der Waals surface area contributed by atoms with Gasteiger partial charge in [0.15, 0.2) is 0 Å². The van der Waals surface area contributed by atoms with E-state index in [-0.39, 0.29) is 11.3 Å². The molecule has 1 rings (SSSR count). The number of amides is 1. The van der Waals surface area contributed by atoms with Crippen LogP contribution in [0.1, 0.15) is 6.42 Å². The van der Waals surface area contributed by atoms with Crippen molar-refractivity contribution >= 4 is 17.7 Å². The van der Waals surface area contributed by atoms with Crippen LogP contribution in [0, 0.1) is 5.41 Å². The predicted octanol–water partition coefficient (Wildman–Crippen LogP) is -0.446. The second-order valence-electron chi connectivity index (χ2n) is 2.65. The fourth-order valence-electron chi connectivity index (χ4n) is 1.06. The molecule has 0 saturated carbocycles. The van der Waals surface area contributed by atoms with Crippen LogP contribution < -0.4 is 11.5 Å². The van der Waals surface area contributed by atoms with Crippen molar-refractivity contribution in [3.63, 3.8) is 0 Å². The summed E-state index contributed by atoms with van der Waals surface area (Å²) in [7, 11) is 0. The van der Waals surface area contributed by atoms with Crippen LogP contribution in [0.2, 0.25) is 0 Å². The van der Waals surface area contributed by atoms with Crippen molar-refractivity contribution in [2.75, 3.05) is 18.1 Å². The quantitative estimate of drug-likeness (QED) is 0.575. The van der Waals surface area contributed by atoms with Crippen LogP contribution >= 0.6 is 11.8 Å². The van der Waals surface area contributed by atoms with Crippen molar-refractivity contribution in [1.82, 2.24) is 0 Å². The normalized spacial score (nSPS) is 32.5. The van der Waals surface area contributed by atoms with Crippen LogP contribution in [-0.4, -0.2) is 24.0 Å².